The zero-order valence-corrected chi connectivity index (χ0v) is 23.8. The highest BCUT2D eigenvalue weighted by atomic mass is 32.2. The van der Waals surface area contributed by atoms with Crippen LogP contribution in [0.25, 0.3) is 0 Å². The second-order valence-electron chi connectivity index (χ2n) is 10.9. The van der Waals surface area contributed by atoms with Gasteiger partial charge in [0.25, 0.3) is 5.60 Å². The molecule has 1 amide bonds. The minimum Gasteiger partial charge on any atom is -0.481 e. The van der Waals surface area contributed by atoms with Gasteiger partial charge in [0, 0.05) is 31.7 Å². The molecule has 16 heteroatoms. The van der Waals surface area contributed by atoms with Gasteiger partial charge in [0.1, 0.15) is 16.4 Å². The first-order valence-electron chi connectivity index (χ1n) is 13.3. The van der Waals surface area contributed by atoms with Crippen LogP contribution in [0.5, 0.6) is 0 Å². The fraction of sp³-hybridized carbons (Fsp3) is 0.500. The molecule has 1 aliphatic carbocycles. The number of hydrogen-bond donors (Lipinski definition) is 1. The molecule has 0 radical (unpaired) electrons. The Morgan fingerprint density at radius 3 is 1.93 bits per heavy atom. The lowest BCUT2D eigenvalue weighted by Gasteiger charge is -2.37. The summed E-state index contributed by atoms with van der Waals surface area (Å²) in [5.41, 5.74) is -7.54. The van der Waals surface area contributed by atoms with Gasteiger partial charge in [-0.05, 0) is 68.0 Å². The molecule has 0 spiro atoms. The second-order valence-corrected chi connectivity index (χ2v) is 13.2. The molecule has 2 aromatic carbocycles. The largest absolute Gasteiger partial charge is 0.481 e. The third-order valence-corrected chi connectivity index (χ3v) is 11.1. The summed E-state index contributed by atoms with van der Waals surface area (Å²) in [6, 6.07) is 4.49. The van der Waals surface area contributed by atoms with Gasteiger partial charge in [-0.3, -0.25) is 9.59 Å². The van der Waals surface area contributed by atoms with Crippen molar-refractivity contribution in [3.05, 3.63) is 65.2 Å². The van der Waals surface area contributed by atoms with Crippen LogP contribution in [-0.2, 0) is 34.5 Å². The summed E-state index contributed by atoms with van der Waals surface area (Å²) in [5.74, 6) is -5.69. The number of benzene rings is 2. The minimum absolute atomic E-state index is 0.110. The Balaban J connectivity index is 1.81. The van der Waals surface area contributed by atoms with E-state index < -0.39 is 96.9 Å². The van der Waals surface area contributed by atoms with Gasteiger partial charge < -0.3 is 14.7 Å². The van der Waals surface area contributed by atoms with Gasteiger partial charge in [-0.1, -0.05) is 12.1 Å². The molecule has 1 saturated carbocycles. The predicted octanol–water partition coefficient (Wildman–Crippen LogP) is 5.72. The van der Waals surface area contributed by atoms with E-state index >= 15 is 4.39 Å². The summed E-state index contributed by atoms with van der Waals surface area (Å²) >= 11 is 0. The first-order valence-corrected chi connectivity index (χ1v) is 14.8. The van der Waals surface area contributed by atoms with E-state index in [4.69, 9.17) is 0 Å². The summed E-state index contributed by atoms with van der Waals surface area (Å²) < 4.78 is 142. The van der Waals surface area contributed by atoms with E-state index in [0.29, 0.717) is 6.07 Å². The second kappa shape index (κ2) is 11.6. The van der Waals surface area contributed by atoms with Crippen molar-refractivity contribution < 1.29 is 63.0 Å². The zero-order chi connectivity index (χ0) is 32.9. The molecule has 1 N–H and O–H groups in total. The summed E-state index contributed by atoms with van der Waals surface area (Å²) in [5, 5.41) is 9.23. The van der Waals surface area contributed by atoms with E-state index in [-0.39, 0.29) is 51.5 Å². The van der Waals surface area contributed by atoms with Crippen LogP contribution in [0.15, 0.2) is 47.4 Å². The third-order valence-electron chi connectivity index (χ3n) is 8.59. The van der Waals surface area contributed by atoms with Crippen molar-refractivity contribution in [3.8, 4) is 0 Å². The van der Waals surface area contributed by atoms with E-state index in [1.165, 1.54) is 0 Å². The van der Waals surface area contributed by atoms with Gasteiger partial charge in [0.05, 0.1) is 10.8 Å². The fourth-order valence-electron chi connectivity index (χ4n) is 6.16. The van der Waals surface area contributed by atoms with Crippen molar-refractivity contribution in [1.29, 1.82) is 0 Å². The summed E-state index contributed by atoms with van der Waals surface area (Å²) in [6.07, 6.45) is -12.0. The van der Waals surface area contributed by atoms with Crippen molar-refractivity contribution in [2.24, 2.45) is 11.8 Å². The number of carbonyl (C=O) groups excluding carboxylic acids is 1. The lowest BCUT2D eigenvalue weighted by molar-refractivity contribution is -0.384. The molecule has 1 atom stereocenters. The average Bonchev–Trinajstić information content (AvgIpc) is 3.40. The molecule has 2 aromatic rings. The van der Waals surface area contributed by atoms with E-state index in [1.54, 1.807) is 0 Å². The van der Waals surface area contributed by atoms with Crippen LogP contribution in [0.3, 0.4) is 0 Å². The Morgan fingerprint density at radius 2 is 1.45 bits per heavy atom. The number of carboxylic acid groups (broad SMARTS) is 1. The van der Waals surface area contributed by atoms with Gasteiger partial charge in [0.15, 0.2) is 9.84 Å². The monoisotopic (exact) mass is 657 g/mol. The molecule has 44 heavy (non-hydrogen) atoms. The molecule has 4 rings (SSSR count). The number of nitrogens with zero attached hydrogens (tertiary/aromatic N) is 1. The number of ether oxygens (including phenoxy) is 1. The van der Waals surface area contributed by atoms with E-state index in [0.717, 1.165) is 29.2 Å². The maximum absolute atomic E-state index is 15.5. The standard InChI is InChI=1S/C28H27F8NO6S/c1-43-26(27(31,32)33,28(34,35)36)21-11-6-18(14-22(21)30)25(44(41,42)20-9-7-19(29)8-10-20)12-13-37(15-25)23(38)16-2-4-17(5-3-16)24(39)40/h6-11,14,16-17H,2-5,12-13,15H2,1H3,(H,39,40). The van der Waals surface area contributed by atoms with Crippen LogP contribution in [0.1, 0.15) is 43.2 Å². The van der Waals surface area contributed by atoms with Crippen molar-refractivity contribution in [2.45, 2.75) is 59.7 Å². The molecule has 1 unspecified atom stereocenters. The first kappa shape index (κ1) is 33.6. The number of hydrogen-bond acceptors (Lipinski definition) is 5. The Hall–Kier alpha value is -3.27. The number of sulfone groups is 1. The highest BCUT2D eigenvalue weighted by Crippen LogP contribution is 2.54. The predicted molar refractivity (Wildman–Crippen MR) is 137 cm³/mol. The molecule has 2 aliphatic rings. The number of alkyl halides is 6. The highest BCUT2D eigenvalue weighted by Gasteiger charge is 2.74. The van der Waals surface area contributed by atoms with E-state index in [9.17, 15) is 53.8 Å². The normalized spacial score (nSPS) is 23.5. The Kier molecular flexibility index (Phi) is 8.85. The number of methoxy groups -OCH3 is 1. The number of aliphatic carboxylic acids is 1. The van der Waals surface area contributed by atoms with E-state index in [1.807, 2.05) is 0 Å². The lowest BCUT2D eigenvalue weighted by Crippen LogP contribution is -2.56. The lowest BCUT2D eigenvalue weighted by atomic mass is 9.81. The average molecular weight is 658 g/mol. The van der Waals surface area contributed by atoms with Crippen molar-refractivity contribution in [2.75, 3.05) is 20.2 Å². The van der Waals surface area contributed by atoms with Gasteiger partial charge in [-0.2, -0.15) is 26.3 Å². The Labute approximate surface area is 246 Å². The van der Waals surface area contributed by atoms with Crippen LogP contribution in [0, 0.1) is 23.5 Å². The van der Waals surface area contributed by atoms with Gasteiger partial charge in [-0.25, -0.2) is 17.2 Å². The zero-order valence-electron chi connectivity index (χ0n) is 23.0. The van der Waals surface area contributed by atoms with Crippen molar-refractivity contribution in [3.63, 3.8) is 0 Å². The SMILES string of the molecule is COC(c1ccc(C2(S(=O)(=O)c3ccc(F)cc3)CCN(C(=O)C3CCC(C(=O)O)CC3)C2)cc1F)(C(F)(F)F)C(F)(F)F. The smallest absolute Gasteiger partial charge is 0.430 e. The molecule has 0 aromatic heterocycles. The topological polar surface area (TPSA) is 101 Å². The Bertz CT molecular complexity index is 1500. The molecular formula is C28H27F8NO6S. The highest BCUT2D eigenvalue weighted by molar-refractivity contribution is 7.92. The molecule has 242 valence electrons. The fourth-order valence-corrected chi connectivity index (χ4v) is 8.23. The molecule has 7 nitrogen and oxygen atoms in total. The molecule has 0 bridgehead atoms. The Morgan fingerprint density at radius 1 is 0.909 bits per heavy atom. The van der Waals surface area contributed by atoms with E-state index in [2.05, 4.69) is 4.74 Å². The molecule has 2 fully saturated rings. The summed E-state index contributed by atoms with van der Waals surface area (Å²) in [6.45, 7) is -0.869. The molecular weight excluding hydrogens is 630 g/mol. The summed E-state index contributed by atoms with van der Waals surface area (Å²) in [7, 11) is -4.59. The van der Waals surface area contributed by atoms with Gasteiger partial charge in [-0.15, -0.1) is 0 Å². The van der Waals surface area contributed by atoms with Crippen molar-refractivity contribution >= 4 is 21.7 Å². The number of likely N-dealkylation sites (tertiary alicyclic amines) is 1. The van der Waals surface area contributed by atoms with Crippen molar-refractivity contribution in [1.82, 2.24) is 4.90 Å². The molecule has 1 aliphatic heterocycles. The van der Waals surface area contributed by atoms with Crippen LogP contribution in [0.4, 0.5) is 35.1 Å². The third kappa shape index (κ3) is 5.43. The summed E-state index contributed by atoms with van der Waals surface area (Å²) in [4.78, 5) is 25.4. The maximum atomic E-state index is 15.5. The number of halogens is 8. The quantitative estimate of drug-likeness (QED) is 0.302. The van der Waals surface area contributed by atoms with Crippen LogP contribution < -0.4 is 0 Å². The number of carboxylic acids is 1. The van der Waals surface area contributed by atoms with Crippen LogP contribution in [-0.4, -0.2) is 62.9 Å². The number of rotatable bonds is 7. The van der Waals surface area contributed by atoms with Gasteiger partial charge in [0.2, 0.25) is 5.91 Å². The minimum atomic E-state index is -6.17. The van der Waals surface area contributed by atoms with Crippen LogP contribution in [0.2, 0.25) is 0 Å². The molecule has 1 heterocycles. The number of amides is 1. The van der Waals surface area contributed by atoms with Gasteiger partial charge >= 0.3 is 18.3 Å². The first-order chi connectivity index (χ1) is 20.3. The number of carbonyl (C=O) groups is 2. The van der Waals surface area contributed by atoms with Crippen LogP contribution >= 0.6 is 0 Å². The molecule has 1 saturated heterocycles. The maximum Gasteiger partial charge on any atom is 0.430 e.